The second-order valence-electron chi connectivity index (χ2n) is 12.4. The highest BCUT2D eigenvalue weighted by Crippen LogP contribution is 2.68. The molecule has 4 saturated carbocycles. The van der Waals surface area contributed by atoms with Gasteiger partial charge in [-0.2, -0.15) is 0 Å². The molecule has 0 aromatic carbocycles. The Morgan fingerprint density at radius 2 is 1.69 bits per heavy atom. The molecule has 166 valence electrons. The molecule has 0 saturated heterocycles. The van der Waals surface area contributed by atoms with Crippen molar-refractivity contribution in [2.24, 2.45) is 58.0 Å². The Bertz CT molecular complexity index is 616. The Morgan fingerprint density at radius 3 is 2.41 bits per heavy atom. The largest absolute Gasteiger partial charge is 0.327 e. The van der Waals surface area contributed by atoms with Gasteiger partial charge in [0.15, 0.2) is 0 Å². The number of carbonyl (C=O) groups excluding carboxylic acids is 1. The molecular formula is C27H47NO. The molecule has 0 spiro atoms. The average molecular weight is 402 g/mol. The number of hydrogen-bond donors (Lipinski definition) is 1. The molecule has 4 aliphatic rings. The van der Waals surface area contributed by atoms with Gasteiger partial charge in [-0.15, -0.1) is 0 Å². The van der Waals surface area contributed by atoms with Crippen molar-refractivity contribution in [1.29, 1.82) is 0 Å². The zero-order chi connectivity index (χ0) is 21.0. The van der Waals surface area contributed by atoms with Crippen LogP contribution in [0.3, 0.4) is 0 Å². The van der Waals surface area contributed by atoms with Gasteiger partial charge in [-0.1, -0.05) is 41.0 Å². The number of carbonyl (C=O) groups is 1. The summed E-state index contributed by atoms with van der Waals surface area (Å²) >= 11 is 0. The monoisotopic (exact) mass is 401 g/mol. The smallest absolute Gasteiger partial charge is 0.132 e. The van der Waals surface area contributed by atoms with Gasteiger partial charge in [-0.3, -0.25) is 4.79 Å². The van der Waals surface area contributed by atoms with E-state index < -0.39 is 0 Å². The van der Waals surface area contributed by atoms with Crippen molar-refractivity contribution in [2.75, 3.05) is 0 Å². The average Bonchev–Trinajstić information content (AvgIpc) is 3.05. The Kier molecular flexibility index (Phi) is 5.99. The molecule has 0 radical (unpaired) electrons. The number of ketones is 1. The number of fused-ring (bicyclic) bond motifs is 5. The summed E-state index contributed by atoms with van der Waals surface area (Å²) in [6, 6.07) is 0.421. The van der Waals surface area contributed by atoms with E-state index in [2.05, 4.69) is 27.7 Å². The number of rotatable bonds is 5. The second kappa shape index (κ2) is 7.95. The topological polar surface area (TPSA) is 43.1 Å². The molecule has 4 rings (SSSR count). The Labute approximate surface area is 180 Å². The van der Waals surface area contributed by atoms with E-state index in [-0.39, 0.29) is 0 Å². The second-order valence-corrected chi connectivity index (χ2v) is 12.4. The van der Waals surface area contributed by atoms with Crippen LogP contribution in [-0.4, -0.2) is 11.8 Å². The zero-order valence-electron chi connectivity index (χ0n) is 19.9. The molecule has 2 heteroatoms. The SMILES string of the molecule is CCC(=O)CCC(C)C1CCC2C3CC(N)C4C[C@H](C)CCC4(C)C3CCC12C. The van der Waals surface area contributed by atoms with Crippen LogP contribution in [0.5, 0.6) is 0 Å². The van der Waals surface area contributed by atoms with Crippen LogP contribution >= 0.6 is 0 Å². The third kappa shape index (κ3) is 3.54. The predicted molar refractivity (Wildman–Crippen MR) is 121 cm³/mol. The van der Waals surface area contributed by atoms with E-state index in [1.807, 2.05) is 6.92 Å². The molecule has 9 unspecified atom stereocenters. The normalized spacial score (nSPS) is 50.3. The van der Waals surface area contributed by atoms with Crippen molar-refractivity contribution in [3.05, 3.63) is 0 Å². The predicted octanol–water partition coefficient (Wildman–Crippen LogP) is 6.61. The van der Waals surface area contributed by atoms with Crippen molar-refractivity contribution in [3.63, 3.8) is 0 Å². The van der Waals surface area contributed by atoms with Gasteiger partial charge in [0.1, 0.15) is 5.78 Å². The number of hydrogen-bond acceptors (Lipinski definition) is 2. The first kappa shape index (κ1) is 21.8. The maximum atomic E-state index is 11.9. The van der Waals surface area contributed by atoms with Crippen molar-refractivity contribution in [2.45, 2.75) is 111 Å². The van der Waals surface area contributed by atoms with Gasteiger partial charge in [0.2, 0.25) is 0 Å². The fourth-order valence-electron chi connectivity index (χ4n) is 9.34. The van der Waals surface area contributed by atoms with Crippen molar-refractivity contribution in [1.82, 2.24) is 0 Å². The van der Waals surface area contributed by atoms with Crippen LogP contribution in [0.1, 0.15) is 105 Å². The Morgan fingerprint density at radius 1 is 1.00 bits per heavy atom. The summed E-state index contributed by atoms with van der Waals surface area (Å²) in [7, 11) is 0. The molecule has 0 aromatic heterocycles. The van der Waals surface area contributed by atoms with E-state index in [4.69, 9.17) is 5.73 Å². The highest BCUT2D eigenvalue weighted by Gasteiger charge is 2.61. The Balaban J connectivity index is 1.52. The van der Waals surface area contributed by atoms with Crippen LogP contribution in [0.4, 0.5) is 0 Å². The summed E-state index contributed by atoms with van der Waals surface area (Å²) in [5, 5.41) is 0. The van der Waals surface area contributed by atoms with Crippen LogP contribution in [-0.2, 0) is 4.79 Å². The van der Waals surface area contributed by atoms with Gasteiger partial charge in [0.05, 0.1) is 0 Å². The molecule has 0 aromatic rings. The third-order valence-electron chi connectivity index (χ3n) is 11.1. The summed E-state index contributed by atoms with van der Waals surface area (Å²) in [6.07, 6.45) is 13.7. The van der Waals surface area contributed by atoms with Crippen molar-refractivity contribution < 1.29 is 4.79 Å². The molecule has 29 heavy (non-hydrogen) atoms. The lowest BCUT2D eigenvalue weighted by Crippen LogP contribution is -2.59. The van der Waals surface area contributed by atoms with Crippen LogP contribution in [0.2, 0.25) is 0 Å². The summed E-state index contributed by atoms with van der Waals surface area (Å²) in [4.78, 5) is 11.9. The molecule has 0 heterocycles. The summed E-state index contributed by atoms with van der Waals surface area (Å²) in [6.45, 7) is 12.2. The van der Waals surface area contributed by atoms with E-state index in [1.54, 1.807) is 0 Å². The highest BCUT2D eigenvalue weighted by molar-refractivity contribution is 5.77. The summed E-state index contributed by atoms with van der Waals surface area (Å²) in [5.74, 6) is 6.21. The molecule has 0 amide bonds. The fraction of sp³-hybridized carbons (Fsp3) is 0.963. The first-order valence-corrected chi connectivity index (χ1v) is 13.0. The minimum absolute atomic E-state index is 0.421. The maximum Gasteiger partial charge on any atom is 0.132 e. The van der Waals surface area contributed by atoms with E-state index in [9.17, 15) is 4.79 Å². The van der Waals surface area contributed by atoms with Gasteiger partial charge >= 0.3 is 0 Å². The van der Waals surface area contributed by atoms with E-state index in [1.165, 1.54) is 51.4 Å². The molecule has 4 fully saturated rings. The minimum Gasteiger partial charge on any atom is -0.327 e. The van der Waals surface area contributed by atoms with E-state index in [0.29, 0.717) is 35.0 Å². The summed E-state index contributed by atoms with van der Waals surface area (Å²) in [5.41, 5.74) is 7.90. The molecule has 4 aliphatic carbocycles. The van der Waals surface area contributed by atoms with Crippen LogP contribution in [0.15, 0.2) is 0 Å². The quantitative estimate of drug-likeness (QED) is 0.563. The number of nitrogens with two attached hydrogens (primary N) is 1. The van der Waals surface area contributed by atoms with E-state index >= 15 is 0 Å². The van der Waals surface area contributed by atoms with Gasteiger partial charge < -0.3 is 5.73 Å². The van der Waals surface area contributed by atoms with E-state index in [0.717, 1.165) is 48.3 Å². The van der Waals surface area contributed by atoms with Gasteiger partial charge in [0, 0.05) is 18.9 Å². The lowest BCUT2D eigenvalue weighted by Gasteiger charge is -2.63. The van der Waals surface area contributed by atoms with Gasteiger partial charge in [-0.25, -0.2) is 0 Å². The van der Waals surface area contributed by atoms with Crippen LogP contribution < -0.4 is 5.73 Å². The summed E-state index contributed by atoms with van der Waals surface area (Å²) < 4.78 is 0. The first-order chi connectivity index (χ1) is 13.7. The minimum atomic E-state index is 0.421. The molecule has 0 bridgehead atoms. The highest BCUT2D eigenvalue weighted by atomic mass is 16.1. The van der Waals surface area contributed by atoms with Crippen molar-refractivity contribution >= 4 is 5.78 Å². The molecule has 0 aliphatic heterocycles. The molecule has 2 N–H and O–H groups in total. The van der Waals surface area contributed by atoms with Crippen LogP contribution in [0, 0.1) is 52.3 Å². The molecule has 10 atom stereocenters. The van der Waals surface area contributed by atoms with Crippen molar-refractivity contribution in [3.8, 4) is 0 Å². The first-order valence-electron chi connectivity index (χ1n) is 13.0. The van der Waals surface area contributed by atoms with Gasteiger partial charge in [-0.05, 0) is 104 Å². The lowest BCUT2D eigenvalue weighted by molar-refractivity contribution is -0.128. The van der Waals surface area contributed by atoms with Gasteiger partial charge in [0.25, 0.3) is 0 Å². The maximum absolute atomic E-state index is 11.9. The Hall–Kier alpha value is -0.370. The zero-order valence-corrected chi connectivity index (χ0v) is 19.9. The number of Topliss-reactive ketones (excluding diaryl/α,β-unsaturated/α-hetero) is 1. The molecule has 2 nitrogen and oxygen atoms in total. The third-order valence-corrected chi connectivity index (χ3v) is 11.1. The van der Waals surface area contributed by atoms with Crippen LogP contribution in [0.25, 0.3) is 0 Å². The standard InChI is InChI=1S/C27H47NO/c1-6-19(29)8-7-18(3)21-9-10-22-20-16-25(28)24-15-17(2)11-13-27(24,5)23(20)12-14-26(21,22)4/h17-18,20-25H,6-16,28H2,1-5H3/t17-,18?,20?,21?,22?,23?,24?,25?,26?,27?/m1/s1. The lowest BCUT2D eigenvalue weighted by atomic mass is 9.43. The fourth-order valence-corrected chi connectivity index (χ4v) is 9.34. The molecular weight excluding hydrogens is 354 g/mol.